The fourth-order valence-electron chi connectivity index (χ4n) is 2.59. The lowest BCUT2D eigenvalue weighted by Gasteiger charge is -2.46. The second-order valence-corrected chi connectivity index (χ2v) is 7.86. The van der Waals surface area contributed by atoms with Gasteiger partial charge in [0.1, 0.15) is 9.84 Å². The minimum absolute atomic E-state index is 0.146. The van der Waals surface area contributed by atoms with Crippen molar-refractivity contribution in [2.75, 3.05) is 38.3 Å². The molecule has 1 aliphatic heterocycles. The van der Waals surface area contributed by atoms with E-state index in [9.17, 15) is 13.5 Å². The van der Waals surface area contributed by atoms with Crippen LogP contribution in [0, 0.1) is 0 Å². The Hall–Kier alpha value is -0.170. The molecule has 1 fully saturated rings. The maximum atomic E-state index is 11.1. The minimum Gasteiger partial charge on any atom is -0.391 e. The number of aliphatic hydroxyl groups excluding tert-OH is 1. The highest BCUT2D eigenvalue weighted by Gasteiger charge is 2.37. The molecule has 1 saturated heterocycles. The predicted octanol–water partition coefficient (Wildman–Crippen LogP) is 0.673. The maximum Gasteiger partial charge on any atom is 0.147 e. The van der Waals surface area contributed by atoms with E-state index in [4.69, 9.17) is 4.74 Å². The largest absolute Gasteiger partial charge is 0.391 e. The van der Waals surface area contributed by atoms with Gasteiger partial charge >= 0.3 is 0 Å². The number of hydrogen-bond donors (Lipinski definition) is 1. The van der Waals surface area contributed by atoms with Crippen LogP contribution < -0.4 is 0 Å². The molecule has 0 bridgehead atoms. The molecule has 0 aromatic rings. The first kappa shape index (κ1) is 16.9. The van der Waals surface area contributed by atoms with Gasteiger partial charge in [0.2, 0.25) is 0 Å². The number of sulfone groups is 1. The molecule has 1 aliphatic rings. The summed E-state index contributed by atoms with van der Waals surface area (Å²) in [6, 6.07) is 0. The molecule has 114 valence electrons. The van der Waals surface area contributed by atoms with E-state index >= 15 is 0 Å². The van der Waals surface area contributed by atoms with Crippen LogP contribution in [0.4, 0.5) is 0 Å². The third-order valence-electron chi connectivity index (χ3n) is 4.16. The van der Waals surface area contributed by atoms with Crippen molar-refractivity contribution in [3.8, 4) is 0 Å². The van der Waals surface area contributed by atoms with Crippen molar-refractivity contribution in [2.24, 2.45) is 0 Å². The monoisotopic (exact) mass is 293 g/mol. The number of nitrogens with zero attached hydrogens (tertiary/aromatic N) is 1. The molecule has 0 amide bonds. The molecule has 1 heterocycles. The first-order chi connectivity index (χ1) is 8.79. The summed E-state index contributed by atoms with van der Waals surface area (Å²) in [5.74, 6) is 0.146. The molecule has 2 unspecified atom stereocenters. The Balaban J connectivity index is 2.56. The third kappa shape index (κ3) is 5.02. The Bertz CT molecular complexity index is 365. The van der Waals surface area contributed by atoms with Crippen molar-refractivity contribution in [2.45, 2.75) is 44.8 Å². The number of hydrogen-bond acceptors (Lipinski definition) is 5. The van der Waals surface area contributed by atoms with Crippen LogP contribution in [-0.2, 0) is 14.6 Å². The summed E-state index contributed by atoms with van der Waals surface area (Å²) in [5.41, 5.74) is -0.290. The van der Waals surface area contributed by atoms with E-state index in [1.54, 1.807) is 0 Å². The fraction of sp³-hybridized carbons (Fsp3) is 1.00. The van der Waals surface area contributed by atoms with E-state index in [-0.39, 0.29) is 11.3 Å². The molecule has 2 atom stereocenters. The lowest BCUT2D eigenvalue weighted by atomic mass is 9.86. The van der Waals surface area contributed by atoms with Gasteiger partial charge in [-0.1, -0.05) is 6.92 Å². The highest BCUT2D eigenvalue weighted by atomic mass is 32.2. The van der Waals surface area contributed by atoms with Crippen LogP contribution in [0.2, 0.25) is 0 Å². The highest BCUT2D eigenvalue weighted by Crippen LogP contribution is 2.27. The first-order valence-electron chi connectivity index (χ1n) is 6.98. The zero-order valence-electron chi connectivity index (χ0n) is 12.3. The lowest BCUT2D eigenvalue weighted by molar-refractivity contribution is -0.0740. The number of aliphatic hydroxyl groups is 1. The van der Waals surface area contributed by atoms with E-state index in [1.807, 2.05) is 0 Å². The number of rotatable bonds is 7. The Morgan fingerprint density at radius 1 is 1.37 bits per heavy atom. The first-order valence-corrected chi connectivity index (χ1v) is 9.04. The zero-order valence-corrected chi connectivity index (χ0v) is 13.1. The standard InChI is InChI=1S/C13H27NO4S/c1-4-13(2,14-7-9-18-10-8-14)12(15)6-5-11-19(3,16)17/h12,15H,4-11H2,1-3H3. The number of ether oxygens (including phenoxy) is 1. The van der Waals surface area contributed by atoms with Crippen molar-refractivity contribution < 1.29 is 18.3 Å². The van der Waals surface area contributed by atoms with Crippen molar-refractivity contribution in [1.82, 2.24) is 4.90 Å². The molecule has 0 aliphatic carbocycles. The van der Waals surface area contributed by atoms with Crippen molar-refractivity contribution in [3.05, 3.63) is 0 Å². The smallest absolute Gasteiger partial charge is 0.147 e. The van der Waals surface area contributed by atoms with Crippen LogP contribution in [-0.4, -0.2) is 68.4 Å². The van der Waals surface area contributed by atoms with Gasteiger partial charge in [0, 0.05) is 30.6 Å². The molecule has 0 aromatic carbocycles. The Labute approximate surface area is 116 Å². The molecule has 1 rings (SSSR count). The van der Waals surface area contributed by atoms with Crippen LogP contribution in [0.15, 0.2) is 0 Å². The Morgan fingerprint density at radius 2 is 1.95 bits per heavy atom. The molecular formula is C13H27NO4S. The van der Waals surface area contributed by atoms with Crippen molar-refractivity contribution in [1.29, 1.82) is 0 Å². The van der Waals surface area contributed by atoms with E-state index in [2.05, 4.69) is 18.7 Å². The Kier molecular flexibility index (Phi) is 6.23. The summed E-state index contributed by atoms with van der Waals surface area (Å²) in [7, 11) is -2.94. The van der Waals surface area contributed by atoms with Crippen LogP contribution in [0.3, 0.4) is 0 Å². The van der Waals surface area contributed by atoms with Crippen LogP contribution in [0.25, 0.3) is 0 Å². The van der Waals surface area contributed by atoms with Gasteiger partial charge < -0.3 is 9.84 Å². The van der Waals surface area contributed by atoms with Gasteiger partial charge in [0.05, 0.1) is 19.3 Å². The van der Waals surface area contributed by atoms with Gasteiger partial charge in [-0.15, -0.1) is 0 Å². The number of morpholine rings is 1. The third-order valence-corrected chi connectivity index (χ3v) is 5.19. The second kappa shape index (κ2) is 7.02. The lowest BCUT2D eigenvalue weighted by Crippen LogP contribution is -2.57. The normalized spacial score (nSPS) is 22.9. The van der Waals surface area contributed by atoms with Gasteiger partial charge in [-0.05, 0) is 26.2 Å². The summed E-state index contributed by atoms with van der Waals surface area (Å²) >= 11 is 0. The van der Waals surface area contributed by atoms with Gasteiger partial charge in [0.25, 0.3) is 0 Å². The molecule has 5 nitrogen and oxygen atoms in total. The maximum absolute atomic E-state index is 11.1. The van der Waals surface area contributed by atoms with E-state index < -0.39 is 15.9 Å². The van der Waals surface area contributed by atoms with E-state index in [0.717, 1.165) is 19.5 Å². The fourth-order valence-corrected chi connectivity index (χ4v) is 3.29. The second-order valence-electron chi connectivity index (χ2n) is 5.60. The summed E-state index contributed by atoms with van der Waals surface area (Å²) in [4.78, 5) is 2.27. The summed E-state index contributed by atoms with van der Waals surface area (Å²) in [6.45, 7) is 7.18. The minimum atomic E-state index is -2.94. The topological polar surface area (TPSA) is 66.8 Å². The average molecular weight is 293 g/mol. The van der Waals surface area contributed by atoms with Crippen LogP contribution >= 0.6 is 0 Å². The van der Waals surface area contributed by atoms with Crippen molar-refractivity contribution >= 4 is 9.84 Å². The summed E-state index contributed by atoms with van der Waals surface area (Å²) in [5, 5.41) is 10.4. The molecule has 19 heavy (non-hydrogen) atoms. The molecule has 6 heteroatoms. The Morgan fingerprint density at radius 3 is 2.42 bits per heavy atom. The zero-order chi connectivity index (χ0) is 14.5. The molecule has 0 saturated carbocycles. The van der Waals surface area contributed by atoms with E-state index in [0.29, 0.717) is 26.1 Å². The molecular weight excluding hydrogens is 266 g/mol. The van der Waals surface area contributed by atoms with Gasteiger partial charge in [0.15, 0.2) is 0 Å². The molecule has 1 N–H and O–H groups in total. The van der Waals surface area contributed by atoms with Crippen LogP contribution in [0.5, 0.6) is 0 Å². The molecule has 0 radical (unpaired) electrons. The molecule has 0 aromatic heterocycles. The summed E-state index contributed by atoms with van der Waals surface area (Å²) in [6.07, 6.45) is 2.61. The van der Waals surface area contributed by atoms with Gasteiger partial charge in [-0.25, -0.2) is 8.42 Å². The average Bonchev–Trinajstić information content (AvgIpc) is 2.37. The SMILES string of the molecule is CCC(C)(C(O)CCCS(C)(=O)=O)N1CCOCC1. The van der Waals surface area contributed by atoms with Crippen molar-refractivity contribution in [3.63, 3.8) is 0 Å². The van der Waals surface area contributed by atoms with E-state index in [1.165, 1.54) is 6.26 Å². The quantitative estimate of drug-likeness (QED) is 0.747. The summed E-state index contributed by atoms with van der Waals surface area (Å²) < 4.78 is 27.6. The van der Waals surface area contributed by atoms with Crippen LogP contribution in [0.1, 0.15) is 33.1 Å². The van der Waals surface area contributed by atoms with Gasteiger partial charge in [-0.3, -0.25) is 4.90 Å². The van der Waals surface area contributed by atoms with Gasteiger partial charge in [-0.2, -0.15) is 0 Å². The molecule has 0 spiro atoms. The predicted molar refractivity (Wildman–Crippen MR) is 76.0 cm³/mol. The highest BCUT2D eigenvalue weighted by molar-refractivity contribution is 7.90.